The first-order valence-corrected chi connectivity index (χ1v) is 14.9. The minimum atomic E-state index is -4.41. The predicted molar refractivity (Wildman–Crippen MR) is 165 cm³/mol. The topological polar surface area (TPSA) is 133 Å². The van der Waals surface area contributed by atoms with Gasteiger partial charge in [0, 0.05) is 29.4 Å². The van der Waals surface area contributed by atoms with E-state index in [4.69, 9.17) is 4.74 Å². The zero-order chi connectivity index (χ0) is 30.7. The van der Waals surface area contributed by atoms with Gasteiger partial charge in [0.2, 0.25) is 5.91 Å². The summed E-state index contributed by atoms with van der Waals surface area (Å²) < 4.78 is 35.9. The Hall–Kier alpha value is -5.16. The number of fused-ring (bicyclic) bond motifs is 1. The summed E-state index contributed by atoms with van der Waals surface area (Å²) in [4.78, 5) is 24.0. The molecule has 5 aromatic rings. The molecule has 0 bridgehead atoms. The van der Waals surface area contributed by atoms with E-state index in [1.165, 1.54) is 12.1 Å². The first kappa shape index (κ1) is 29.3. The number of carbonyl (C=O) groups excluding carboxylic acids is 1. The highest BCUT2D eigenvalue weighted by Crippen LogP contribution is 2.33. The van der Waals surface area contributed by atoms with Crippen LogP contribution in [0.3, 0.4) is 0 Å². The molecule has 10 nitrogen and oxygen atoms in total. The van der Waals surface area contributed by atoms with E-state index < -0.39 is 31.4 Å². The van der Waals surface area contributed by atoms with Crippen LogP contribution in [0, 0.1) is 24.0 Å². The van der Waals surface area contributed by atoms with Crippen molar-refractivity contribution in [2.24, 2.45) is 0 Å². The molecular formula is C32H30N4O6S. The predicted octanol–water partition coefficient (Wildman–Crippen LogP) is 5.82. The van der Waals surface area contributed by atoms with E-state index in [1.807, 2.05) is 91.2 Å². The third kappa shape index (κ3) is 6.21. The number of methoxy groups -OCH3 is 1. The molecule has 0 fully saturated rings. The lowest BCUT2D eigenvalue weighted by molar-refractivity contribution is -0.384. The number of hydrogen-bond acceptors (Lipinski definition) is 7. The maximum Gasteiger partial charge on any atom is 0.293 e. The Morgan fingerprint density at radius 1 is 0.953 bits per heavy atom. The van der Waals surface area contributed by atoms with Gasteiger partial charge in [-0.05, 0) is 67.4 Å². The van der Waals surface area contributed by atoms with Crippen molar-refractivity contribution in [2.45, 2.75) is 31.7 Å². The summed E-state index contributed by atoms with van der Waals surface area (Å²) >= 11 is 0. The van der Waals surface area contributed by atoms with Gasteiger partial charge in [0.1, 0.15) is 11.4 Å². The molecule has 0 aliphatic rings. The molecule has 0 aliphatic heterocycles. The van der Waals surface area contributed by atoms with Crippen LogP contribution in [0.4, 0.5) is 11.4 Å². The molecule has 11 heteroatoms. The zero-order valence-electron chi connectivity index (χ0n) is 23.8. The van der Waals surface area contributed by atoms with Crippen LogP contribution in [-0.4, -0.2) is 30.9 Å². The Kier molecular flexibility index (Phi) is 8.18. The third-order valence-electron chi connectivity index (χ3n) is 7.22. The number of benzene rings is 4. The first-order valence-electron chi connectivity index (χ1n) is 13.4. The molecule has 2 N–H and O–H groups in total. The molecule has 220 valence electrons. The molecule has 1 amide bonds. The van der Waals surface area contributed by atoms with Crippen LogP contribution >= 0.6 is 0 Å². The number of carbonyl (C=O) groups is 1. The average molecular weight is 599 g/mol. The normalized spacial score (nSPS) is 11.3. The van der Waals surface area contributed by atoms with Crippen molar-refractivity contribution in [3.8, 4) is 11.4 Å². The molecule has 0 aliphatic carbocycles. The number of anilines is 1. The number of rotatable bonds is 10. The molecule has 0 spiro atoms. The molecule has 5 rings (SSSR count). The number of nitrogens with one attached hydrogen (secondary N) is 2. The van der Waals surface area contributed by atoms with E-state index >= 15 is 0 Å². The van der Waals surface area contributed by atoms with E-state index in [0.29, 0.717) is 17.9 Å². The van der Waals surface area contributed by atoms with Crippen LogP contribution in [0.15, 0.2) is 95.9 Å². The number of aryl methyl sites for hydroxylation is 1. The van der Waals surface area contributed by atoms with Crippen LogP contribution in [-0.2, 0) is 27.8 Å². The highest BCUT2D eigenvalue weighted by atomic mass is 32.2. The average Bonchev–Trinajstić information content (AvgIpc) is 3.26. The zero-order valence-corrected chi connectivity index (χ0v) is 24.6. The summed E-state index contributed by atoms with van der Waals surface area (Å²) in [6.07, 6.45) is -0.244. The van der Waals surface area contributed by atoms with E-state index in [2.05, 4.69) is 10.0 Å². The molecule has 0 unspecified atom stereocenters. The van der Waals surface area contributed by atoms with Crippen LogP contribution in [0.1, 0.15) is 22.4 Å². The van der Waals surface area contributed by atoms with Gasteiger partial charge in [0.15, 0.2) is 0 Å². The summed E-state index contributed by atoms with van der Waals surface area (Å²) in [5.74, 6) is -0.182. The van der Waals surface area contributed by atoms with E-state index in [1.54, 1.807) is 7.11 Å². The lowest BCUT2D eigenvalue weighted by Gasteiger charge is -2.11. The summed E-state index contributed by atoms with van der Waals surface area (Å²) in [6.45, 7) is 4.17. The fourth-order valence-electron chi connectivity index (χ4n) is 5.02. The maximum atomic E-state index is 13.2. The molecule has 0 atom stereocenters. The molecule has 0 saturated heterocycles. The fraction of sp³-hybridized carbons (Fsp3) is 0.156. The molecule has 0 radical (unpaired) electrons. The SMILES string of the molecule is COc1ccc2c(c1)c(CC(=O)NS(=O)(=O)c1ccc(NCc3ccccc3)c([N+](=O)[O-])c1)c(C)n2-c1ccc(C)cc1. The highest BCUT2D eigenvalue weighted by Gasteiger charge is 2.25. The number of nitrogens with zero attached hydrogens (tertiary/aromatic N) is 2. The maximum absolute atomic E-state index is 13.2. The Bertz CT molecular complexity index is 1930. The quantitative estimate of drug-likeness (QED) is 0.153. The number of sulfonamides is 1. The van der Waals surface area contributed by atoms with Crippen LogP contribution in [0.5, 0.6) is 5.75 Å². The summed E-state index contributed by atoms with van der Waals surface area (Å²) in [7, 11) is -2.86. The standard InChI is InChI=1S/C32H30N4O6S/c1-21-9-11-24(12-10-21)35-22(2)27(28-17-25(42-3)13-16-30(28)35)19-32(37)34-43(40,41)26-14-15-29(31(18-26)36(38)39)33-20-23-7-5-4-6-8-23/h4-18,33H,19-20H2,1-3H3,(H,34,37). The van der Waals surface area contributed by atoms with Gasteiger partial charge < -0.3 is 14.6 Å². The number of amides is 1. The van der Waals surface area contributed by atoms with Gasteiger partial charge >= 0.3 is 0 Å². The monoisotopic (exact) mass is 598 g/mol. The van der Waals surface area contributed by atoms with Crippen molar-refractivity contribution >= 4 is 38.2 Å². The van der Waals surface area contributed by atoms with Gasteiger partial charge in [-0.2, -0.15) is 0 Å². The molecule has 0 saturated carbocycles. The number of hydrogen-bond donors (Lipinski definition) is 2. The lowest BCUT2D eigenvalue weighted by Crippen LogP contribution is -2.32. The molecule has 1 aromatic heterocycles. The second-order valence-corrected chi connectivity index (χ2v) is 11.8. The van der Waals surface area contributed by atoms with E-state index in [9.17, 15) is 23.3 Å². The lowest BCUT2D eigenvalue weighted by atomic mass is 10.1. The van der Waals surface area contributed by atoms with Crippen molar-refractivity contribution in [3.63, 3.8) is 0 Å². The molecular weight excluding hydrogens is 568 g/mol. The second kappa shape index (κ2) is 12.0. The molecule has 1 heterocycles. The third-order valence-corrected chi connectivity index (χ3v) is 8.59. The Morgan fingerprint density at radius 3 is 2.35 bits per heavy atom. The molecule has 4 aromatic carbocycles. The van der Waals surface area contributed by atoms with Gasteiger partial charge in [0.05, 0.1) is 28.9 Å². The smallest absolute Gasteiger partial charge is 0.293 e. The van der Waals surface area contributed by atoms with E-state index in [0.717, 1.165) is 39.5 Å². The van der Waals surface area contributed by atoms with Crippen molar-refractivity contribution < 1.29 is 22.9 Å². The summed E-state index contributed by atoms with van der Waals surface area (Å²) in [5, 5.41) is 15.5. The van der Waals surface area contributed by atoms with E-state index in [-0.39, 0.29) is 12.1 Å². The summed E-state index contributed by atoms with van der Waals surface area (Å²) in [5.41, 5.74) is 4.87. The number of nitro benzene ring substituents is 1. The largest absolute Gasteiger partial charge is 0.497 e. The minimum absolute atomic E-state index is 0.160. The van der Waals surface area contributed by atoms with Crippen LogP contribution in [0.25, 0.3) is 16.6 Å². The van der Waals surface area contributed by atoms with Crippen LogP contribution in [0.2, 0.25) is 0 Å². The van der Waals surface area contributed by atoms with Gasteiger partial charge in [-0.15, -0.1) is 0 Å². The van der Waals surface area contributed by atoms with Crippen molar-refractivity contribution in [3.05, 3.63) is 123 Å². The fourth-order valence-corrected chi connectivity index (χ4v) is 6.02. The van der Waals surface area contributed by atoms with Gasteiger partial charge in [-0.25, -0.2) is 13.1 Å². The Balaban J connectivity index is 1.42. The van der Waals surface area contributed by atoms with Crippen LogP contribution < -0.4 is 14.8 Å². The number of aromatic nitrogens is 1. The first-order chi connectivity index (χ1) is 20.6. The Labute approximate surface area is 249 Å². The number of nitro groups is 1. The van der Waals surface area contributed by atoms with Gasteiger partial charge in [0.25, 0.3) is 15.7 Å². The van der Waals surface area contributed by atoms with Crippen molar-refractivity contribution in [2.75, 3.05) is 12.4 Å². The second-order valence-electron chi connectivity index (χ2n) is 10.1. The Morgan fingerprint density at radius 2 is 1.67 bits per heavy atom. The number of ether oxygens (including phenoxy) is 1. The summed E-state index contributed by atoms with van der Waals surface area (Å²) in [6, 6.07) is 26.3. The van der Waals surface area contributed by atoms with Crippen molar-refractivity contribution in [1.29, 1.82) is 0 Å². The highest BCUT2D eigenvalue weighted by molar-refractivity contribution is 7.90. The van der Waals surface area contributed by atoms with Gasteiger partial charge in [-0.1, -0.05) is 48.0 Å². The minimum Gasteiger partial charge on any atom is -0.497 e. The van der Waals surface area contributed by atoms with Crippen molar-refractivity contribution in [1.82, 2.24) is 9.29 Å². The van der Waals surface area contributed by atoms with Gasteiger partial charge in [-0.3, -0.25) is 14.9 Å². The molecule has 43 heavy (non-hydrogen) atoms.